The Morgan fingerprint density at radius 2 is 2.09 bits per heavy atom. The first-order chi connectivity index (χ1) is 16.4. The quantitative estimate of drug-likeness (QED) is 0.496. The van der Waals surface area contributed by atoms with Crippen LogP contribution in [0.4, 0.5) is 22.0 Å². The monoisotopic (exact) mass is 465 g/mol. The van der Waals surface area contributed by atoms with E-state index in [1.54, 1.807) is 28.8 Å². The van der Waals surface area contributed by atoms with Gasteiger partial charge in [-0.15, -0.1) is 0 Å². The van der Waals surface area contributed by atoms with Gasteiger partial charge in [-0.1, -0.05) is 34.1 Å². The summed E-state index contributed by atoms with van der Waals surface area (Å²) in [5.41, 5.74) is 3.51. The number of urea groups is 1. The lowest BCUT2D eigenvalue weighted by Crippen LogP contribution is -2.34. The molecule has 4 heterocycles. The van der Waals surface area contributed by atoms with Crippen LogP contribution in [-0.2, 0) is 6.42 Å². The molecule has 0 bridgehead atoms. The fourth-order valence-electron chi connectivity index (χ4n) is 4.73. The molecule has 1 unspecified atom stereocenters. The number of hydrogen-bond acceptors (Lipinski definition) is 6. The highest BCUT2D eigenvalue weighted by atomic mass is 16.5. The van der Waals surface area contributed by atoms with E-state index in [-0.39, 0.29) is 6.03 Å². The van der Waals surface area contributed by atoms with Crippen molar-refractivity contribution in [3.8, 4) is 5.75 Å². The third kappa shape index (κ3) is 4.93. The van der Waals surface area contributed by atoms with Gasteiger partial charge in [0.15, 0.2) is 5.65 Å². The molecule has 9 nitrogen and oxygen atoms in total. The highest BCUT2D eigenvalue weighted by Gasteiger charge is 2.30. The maximum atomic E-state index is 13.3. The first kappa shape index (κ1) is 23.8. The molecule has 4 rings (SSSR count). The standard InChI is InChI=1S/C25H35N7O2/c1-6-7-18(4)14-30(13-17(2)3)21-8-10-26-24-19(21)9-11-31(24)25(33)29-20-15-32-23(27-16-28-32)12-22(20)34-5/h8,10,12,15-18H,6-7,9,11,13-14H2,1-5H3,(H,29,33). The molecular weight excluding hydrogens is 430 g/mol. The van der Waals surface area contributed by atoms with E-state index in [1.165, 1.54) is 24.9 Å². The first-order valence-corrected chi connectivity index (χ1v) is 12.1. The van der Waals surface area contributed by atoms with E-state index >= 15 is 0 Å². The Morgan fingerprint density at radius 3 is 2.82 bits per heavy atom. The zero-order chi connectivity index (χ0) is 24.2. The van der Waals surface area contributed by atoms with E-state index < -0.39 is 0 Å². The van der Waals surface area contributed by atoms with Gasteiger partial charge in [0, 0.05) is 43.1 Å². The summed E-state index contributed by atoms with van der Waals surface area (Å²) in [5.74, 6) is 2.40. The Labute approximate surface area is 201 Å². The molecule has 1 aliphatic heterocycles. The van der Waals surface area contributed by atoms with Gasteiger partial charge in [-0.2, -0.15) is 5.10 Å². The molecule has 0 aromatic carbocycles. The second-order valence-electron chi connectivity index (χ2n) is 9.48. The Hall–Kier alpha value is -3.36. The fourth-order valence-corrected chi connectivity index (χ4v) is 4.73. The molecular formula is C25H35N7O2. The number of aromatic nitrogens is 4. The summed E-state index contributed by atoms with van der Waals surface area (Å²) in [5, 5.41) is 7.13. The third-order valence-electron chi connectivity index (χ3n) is 6.17. The van der Waals surface area contributed by atoms with Gasteiger partial charge < -0.3 is 15.0 Å². The number of carbonyl (C=O) groups is 1. The second kappa shape index (κ2) is 10.3. The number of rotatable bonds is 9. The van der Waals surface area contributed by atoms with Crippen molar-refractivity contribution in [1.82, 2.24) is 19.6 Å². The summed E-state index contributed by atoms with van der Waals surface area (Å²) in [6.07, 6.45) is 8.16. The van der Waals surface area contributed by atoms with Crippen LogP contribution in [0.25, 0.3) is 5.65 Å². The molecule has 0 radical (unpaired) electrons. The van der Waals surface area contributed by atoms with Gasteiger partial charge in [-0.05, 0) is 30.7 Å². The number of methoxy groups -OCH3 is 1. The van der Waals surface area contributed by atoms with Gasteiger partial charge in [-0.3, -0.25) is 4.90 Å². The lowest BCUT2D eigenvalue weighted by atomic mass is 10.0. The molecule has 3 aromatic heterocycles. The average Bonchev–Trinajstić information content (AvgIpc) is 3.44. The Balaban J connectivity index is 1.59. The zero-order valence-electron chi connectivity index (χ0n) is 20.8. The molecule has 2 amide bonds. The van der Waals surface area contributed by atoms with Crippen molar-refractivity contribution in [2.24, 2.45) is 11.8 Å². The number of amides is 2. The predicted molar refractivity (Wildman–Crippen MR) is 135 cm³/mol. The summed E-state index contributed by atoms with van der Waals surface area (Å²) in [4.78, 5) is 26.3. The van der Waals surface area contributed by atoms with Crippen molar-refractivity contribution in [2.45, 2.75) is 47.0 Å². The first-order valence-electron chi connectivity index (χ1n) is 12.1. The summed E-state index contributed by atoms with van der Waals surface area (Å²) in [7, 11) is 1.57. The van der Waals surface area contributed by atoms with E-state index in [0.717, 1.165) is 30.9 Å². The van der Waals surface area contributed by atoms with Crippen LogP contribution in [0.3, 0.4) is 0 Å². The van der Waals surface area contributed by atoms with Crippen LogP contribution >= 0.6 is 0 Å². The maximum absolute atomic E-state index is 13.3. The topological polar surface area (TPSA) is 87.9 Å². The summed E-state index contributed by atoms with van der Waals surface area (Å²) >= 11 is 0. The number of hydrogen-bond donors (Lipinski definition) is 1. The maximum Gasteiger partial charge on any atom is 0.327 e. The van der Waals surface area contributed by atoms with Gasteiger partial charge in [0.25, 0.3) is 0 Å². The molecule has 3 aromatic rings. The molecule has 0 saturated heterocycles. The lowest BCUT2D eigenvalue weighted by Gasteiger charge is -2.31. The minimum Gasteiger partial charge on any atom is -0.494 e. The van der Waals surface area contributed by atoms with E-state index in [0.29, 0.717) is 35.5 Å². The molecule has 0 aliphatic carbocycles. The molecule has 182 valence electrons. The molecule has 0 saturated carbocycles. The third-order valence-corrected chi connectivity index (χ3v) is 6.17. The second-order valence-corrected chi connectivity index (χ2v) is 9.48. The summed E-state index contributed by atoms with van der Waals surface area (Å²) < 4.78 is 7.07. The smallest absolute Gasteiger partial charge is 0.327 e. The number of nitrogens with zero attached hydrogens (tertiary/aromatic N) is 6. The normalized spacial score (nSPS) is 13.9. The van der Waals surface area contributed by atoms with Gasteiger partial charge in [0.1, 0.15) is 23.6 Å². The molecule has 0 spiro atoms. The van der Waals surface area contributed by atoms with Gasteiger partial charge >= 0.3 is 6.03 Å². The number of carbonyl (C=O) groups excluding carboxylic acids is 1. The molecule has 1 N–H and O–H groups in total. The van der Waals surface area contributed by atoms with Crippen LogP contribution in [0.2, 0.25) is 0 Å². The highest BCUT2D eigenvalue weighted by Crippen LogP contribution is 2.35. The van der Waals surface area contributed by atoms with Gasteiger partial charge in [0.05, 0.1) is 13.3 Å². The van der Waals surface area contributed by atoms with Crippen LogP contribution < -0.4 is 19.9 Å². The molecule has 9 heteroatoms. The SMILES string of the molecule is CCCC(C)CN(CC(C)C)c1ccnc2c1CCN2C(=O)Nc1cn2ncnc2cc1OC. The lowest BCUT2D eigenvalue weighted by molar-refractivity contribution is 0.257. The van der Waals surface area contributed by atoms with Crippen molar-refractivity contribution < 1.29 is 9.53 Å². The van der Waals surface area contributed by atoms with Crippen LogP contribution in [0.5, 0.6) is 5.75 Å². The summed E-state index contributed by atoms with van der Waals surface area (Å²) in [6.45, 7) is 11.6. The van der Waals surface area contributed by atoms with E-state index in [2.05, 4.69) is 59.0 Å². The number of fused-ring (bicyclic) bond motifs is 2. The minimum atomic E-state index is -0.240. The van der Waals surface area contributed by atoms with Gasteiger partial charge in [0.2, 0.25) is 0 Å². The number of nitrogens with one attached hydrogen (secondary N) is 1. The number of pyridine rings is 2. The van der Waals surface area contributed by atoms with Crippen molar-refractivity contribution >= 4 is 28.9 Å². The summed E-state index contributed by atoms with van der Waals surface area (Å²) in [6, 6.07) is 3.61. The van der Waals surface area contributed by atoms with Crippen LogP contribution in [0.1, 0.15) is 46.1 Å². The van der Waals surface area contributed by atoms with Crippen molar-refractivity contribution in [2.75, 3.05) is 41.9 Å². The van der Waals surface area contributed by atoms with E-state index in [4.69, 9.17) is 4.74 Å². The van der Waals surface area contributed by atoms with Crippen LogP contribution in [0.15, 0.2) is 30.9 Å². The zero-order valence-corrected chi connectivity index (χ0v) is 20.8. The average molecular weight is 466 g/mol. The van der Waals surface area contributed by atoms with E-state index in [1.807, 2.05) is 6.20 Å². The Morgan fingerprint density at radius 1 is 1.26 bits per heavy atom. The molecule has 1 atom stereocenters. The Kier molecular flexibility index (Phi) is 7.19. The van der Waals surface area contributed by atoms with E-state index in [9.17, 15) is 4.79 Å². The minimum absolute atomic E-state index is 0.240. The number of ether oxygens (including phenoxy) is 1. The van der Waals surface area contributed by atoms with Crippen molar-refractivity contribution in [1.29, 1.82) is 0 Å². The largest absolute Gasteiger partial charge is 0.494 e. The van der Waals surface area contributed by atoms with Crippen LogP contribution in [-0.4, -0.2) is 52.4 Å². The highest BCUT2D eigenvalue weighted by molar-refractivity contribution is 6.03. The fraction of sp³-hybridized carbons (Fsp3) is 0.520. The Bertz CT molecular complexity index is 1140. The number of anilines is 3. The molecule has 0 fully saturated rings. The van der Waals surface area contributed by atoms with Crippen molar-refractivity contribution in [3.63, 3.8) is 0 Å². The molecule has 34 heavy (non-hydrogen) atoms. The molecule has 1 aliphatic rings. The van der Waals surface area contributed by atoms with Crippen molar-refractivity contribution in [3.05, 3.63) is 36.4 Å². The predicted octanol–water partition coefficient (Wildman–Crippen LogP) is 4.63. The van der Waals surface area contributed by atoms with Crippen LogP contribution in [0, 0.1) is 11.8 Å². The van der Waals surface area contributed by atoms with Gasteiger partial charge in [-0.25, -0.2) is 19.3 Å².